The lowest BCUT2D eigenvalue weighted by Gasteiger charge is -2.14. The van der Waals surface area contributed by atoms with Crippen molar-refractivity contribution in [1.29, 1.82) is 0 Å². The molecule has 0 aliphatic rings. The molecule has 0 unspecified atom stereocenters. The molecule has 0 atom stereocenters. The largest absolute Gasteiger partial charge is 0.497 e. The average Bonchev–Trinajstić information content (AvgIpc) is 2.85. The van der Waals surface area contributed by atoms with Gasteiger partial charge in [0.1, 0.15) is 23.9 Å². The van der Waals surface area contributed by atoms with Gasteiger partial charge in [-0.15, -0.1) is 0 Å². The topological polar surface area (TPSA) is 94.5 Å². The summed E-state index contributed by atoms with van der Waals surface area (Å²) in [4.78, 5) is 29.8. The van der Waals surface area contributed by atoms with Gasteiger partial charge in [0.2, 0.25) is 5.91 Å². The van der Waals surface area contributed by atoms with Gasteiger partial charge in [-0.05, 0) is 42.0 Å². The van der Waals surface area contributed by atoms with Gasteiger partial charge in [-0.3, -0.25) is 9.36 Å². The molecule has 2 N–H and O–H groups in total. The second-order valence-electron chi connectivity index (χ2n) is 7.30. The molecule has 8 nitrogen and oxygen atoms in total. The maximum atomic E-state index is 12.9. The first-order valence-electron chi connectivity index (χ1n) is 10.4. The van der Waals surface area contributed by atoms with E-state index in [2.05, 4.69) is 15.6 Å². The Labute approximate surface area is 190 Å². The van der Waals surface area contributed by atoms with E-state index in [1.54, 1.807) is 31.4 Å². The summed E-state index contributed by atoms with van der Waals surface area (Å²) < 4.78 is 11.8. The van der Waals surface area contributed by atoms with E-state index in [4.69, 9.17) is 9.47 Å². The number of rotatable bonds is 8. The van der Waals surface area contributed by atoms with Crippen LogP contribution >= 0.6 is 0 Å². The molecule has 168 valence electrons. The van der Waals surface area contributed by atoms with Crippen molar-refractivity contribution in [3.63, 3.8) is 0 Å². The molecule has 33 heavy (non-hydrogen) atoms. The second kappa shape index (κ2) is 9.86. The average molecular weight is 444 g/mol. The fourth-order valence-electron chi connectivity index (χ4n) is 3.53. The number of carbonyl (C=O) groups is 1. The van der Waals surface area contributed by atoms with Crippen LogP contribution in [0.3, 0.4) is 0 Å². The van der Waals surface area contributed by atoms with Gasteiger partial charge < -0.3 is 20.1 Å². The third kappa shape index (κ3) is 4.95. The minimum atomic E-state index is -0.513. The first kappa shape index (κ1) is 21.9. The third-order valence-electron chi connectivity index (χ3n) is 5.19. The number of hydrogen-bond donors (Lipinski definition) is 2. The van der Waals surface area contributed by atoms with Crippen molar-refractivity contribution in [3.8, 4) is 11.5 Å². The Morgan fingerprint density at radius 3 is 2.42 bits per heavy atom. The lowest BCUT2D eigenvalue weighted by molar-refractivity contribution is -0.116. The van der Waals surface area contributed by atoms with Crippen LogP contribution in [-0.2, 0) is 17.9 Å². The van der Waals surface area contributed by atoms with Crippen molar-refractivity contribution in [1.82, 2.24) is 9.55 Å². The number of methoxy groups -OCH3 is 2. The Kier molecular flexibility index (Phi) is 6.54. The number of hydrogen-bond acceptors (Lipinski definition) is 6. The molecule has 3 aromatic carbocycles. The molecular weight excluding hydrogens is 420 g/mol. The molecule has 1 heterocycles. The fraction of sp³-hybridized carbons (Fsp3) is 0.160. The minimum Gasteiger partial charge on any atom is -0.497 e. The van der Waals surface area contributed by atoms with Gasteiger partial charge in [0.15, 0.2) is 0 Å². The smallest absolute Gasteiger partial charge is 0.350 e. The lowest BCUT2D eigenvalue weighted by Crippen LogP contribution is -2.30. The number of ether oxygens (including phenoxy) is 2. The lowest BCUT2D eigenvalue weighted by atomic mass is 10.2. The molecule has 1 amide bonds. The molecule has 0 saturated carbocycles. The number of carbonyl (C=O) groups excluding carboxylic acids is 1. The van der Waals surface area contributed by atoms with Crippen molar-refractivity contribution in [3.05, 3.63) is 88.8 Å². The number of benzene rings is 3. The van der Waals surface area contributed by atoms with Gasteiger partial charge >= 0.3 is 5.69 Å². The molecule has 0 saturated heterocycles. The maximum absolute atomic E-state index is 12.9. The monoisotopic (exact) mass is 444 g/mol. The number of aromatic nitrogens is 2. The molecule has 0 aliphatic carbocycles. The molecule has 4 rings (SSSR count). The predicted molar refractivity (Wildman–Crippen MR) is 128 cm³/mol. The van der Waals surface area contributed by atoms with Gasteiger partial charge in [0.05, 0.1) is 25.4 Å². The van der Waals surface area contributed by atoms with Crippen molar-refractivity contribution >= 4 is 28.3 Å². The van der Waals surface area contributed by atoms with Crippen molar-refractivity contribution in [2.24, 2.45) is 0 Å². The number of nitrogens with zero attached hydrogens (tertiary/aromatic N) is 2. The van der Waals surface area contributed by atoms with Gasteiger partial charge in [-0.2, -0.15) is 4.98 Å². The highest BCUT2D eigenvalue weighted by Gasteiger charge is 2.14. The highest BCUT2D eigenvalue weighted by Crippen LogP contribution is 2.24. The number of anilines is 2. The van der Waals surface area contributed by atoms with E-state index in [0.29, 0.717) is 29.3 Å². The molecule has 0 bridgehead atoms. The molecule has 8 heteroatoms. The quantitative estimate of drug-likeness (QED) is 0.431. The second-order valence-corrected chi connectivity index (χ2v) is 7.30. The van der Waals surface area contributed by atoms with Crippen LogP contribution in [0, 0.1) is 0 Å². The van der Waals surface area contributed by atoms with E-state index >= 15 is 0 Å². The Bertz CT molecular complexity index is 1330. The van der Waals surface area contributed by atoms with E-state index in [0.717, 1.165) is 16.7 Å². The Balaban J connectivity index is 1.58. The Morgan fingerprint density at radius 1 is 0.939 bits per heavy atom. The number of amides is 1. The van der Waals surface area contributed by atoms with Crippen LogP contribution < -0.4 is 25.8 Å². The summed E-state index contributed by atoms with van der Waals surface area (Å²) in [7, 11) is 3.15. The van der Waals surface area contributed by atoms with Gasteiger partial charge in [0.25, 0.3) is 0 Å². The van der Waals surface area contributed by atoms with E-state index < -0.39 is 5.69 Å². The van der Waals surface area contributed by atoms with Crippen molar-refractivity contribution < 1.29 is 14.3 Å². The zero-order valence-corrected chi connectivity index (χ0v) is 18.4. The first-order chi connectivity index (χ1) is 16.1. The zero-order valence-electron chi connectivity index (χ0n) is 18.4. The molecule has 0 spiro atoms. The molecule has 0 fully saturated rings. The summed E-state index contributed by atoms with van der Waals surface area (Å²) in [6.07, 6.45) is 0. The summed E-state index contributed by atoms with van der Waals surface area (Å²) in [6, 6.07) is 22.1. The number of nitrogens with one attached hydrogen (secondary N) is 2. The SMILES string of the molecule is COc1ccc(CNc2nc(=O)n(CC(=O)Nc3ccccc3OC)c3ccccc23)cc1. The Hall–Kier alpha value is -4.33. The van der Waals surface area contributed by atoms with Crippen molar-refractivity contribution in [2.45, 2.75) is 13.1 Å². The van der Waals surface area contributed by atoms with Gasteiger partial charge in [-0.1, -0.05) is 36.4 Å². The summed E-state index contributed by atoms with van der Waals surface area (Å²) in [5.74, 6) is 1.43. The molecule has 4 aromatic rings. The third-order valence-corrected chi connectivity index (χ3v) is 5.19. The first-order valence-corrected chi connectivity index (χ1v) is 10.4. The van der Waals surface area contributed by atoms with Crippen LogP contribution in [-0.4, -0.2) is 29.7 Å². The van der Waals surface area contributed by atoms with E-state index in [-0.39, 0.29) is 12.5 Å². The Morgan fingerprint density at radius 2 is 1.67 bits per heavy atom. The summed E-state index contributed by atoms with van der Waals surface area (Å²) in [5, 5.41) is 6.78. The molecule has 0 radical (unpaired) electrons. The summed E-state index contributed by atoms with van der Waals surface area (Å²) >= 11 is 0. The predicted octanol–water partition coefficient (Wildman–Crippen LogP) is 3.66. The van der Waals surface area contributed by atoms with E-state index in [9.17, 15) is 9.59 Å². The standard InChI is InChI=1S/C25H24N4O4/c1-32-18-13-11-17(12-14-18)15-26-24-19-7-3-5-9-21(19)29(25(31)28-24)16-23(30)27-20-8-4-6-10-22(20)33-2/h3-14H,15-16H2,1-2H3,(H,27,30)(H,26,28,31). The fourth-order valence-corrected chi connectivity index (χ4v) is 3.53. The maximum Gasteiger partial charge on any atom is 0.350 e. The highest BCUT2D eigenvalue weighted by atomic mass is 16.5. The summed E-state index contributed by atoms with van der Waals surface area (Å²) in [5.41, 5.74) is 1.65. The molecular formula is C25H24N4O4. The summed E-state index contributed by atoms with van der Waals surface area (Å²) in [6.45, 7) is 0.307. The van der Waals surface area contributed by atoms with E-state index in [1.807, 2.05) is 48.5 Å². The van der Waals surface area contributed by atoms with Crippen molar-refractivity contribution in [2.75, 3.05) is 24.9 Å². The van der Waals surface area contributed by atoms with Crippen LogP contribution in [0.5, 0.6) is 11.5 Å². The highest BCUT2D eigenvalue weighted by molar-refractivity contribution is 5.94. The van der Waals surface area contributed by atoms with Gasteiger partial charge in [0, 0.05) is 11.9 Å². The van der Waals surface area contributed by atoms with Crippen LogP contribution in [0.1, 0.15) is 5.56 Å². The zero-order chi connectivity index (χ0) is 23.2. The van der Waals surface area contributed by atoms with Gasteiger partial charge in [-0.25, -0.2) is 4.79 Å². The van der Waals surface area contributed by atoms with Crippen LogP contribution in [0.15, 0.2) is 77.6 Å². The van der Waals surface area contributed by atoms with E-state index in [1.165, 1.54) is 11.7 Å². The van der Waals surface area contributed by atoms with Crippen LogP contribution in [0.25, 0.3) is 10.9 Å². The molecule has 1 aromatic heterocycles. The molecule has 0 aliphatic heterocycles. The van der Waals surface area contributed by atoms with Crippen LogP contribution in [0.2, 0.25) is 0 Å². The minimum absolute atomic E-state index is 0.177. The normalized spacial score (nSPS) is 10.6. The number of para-hydroxylation sites is 3. The van der Waals surface area contributed by atoms with Crippen LogP contribution in [0.4, 0.5) is 11.5 Å². The number of fused-ring (bicyclic) bond motifs is 1.